The fourth-order valence-electron chi connectivity index (χ4n) is 2.35. The van der Waals surface area contributed by atoms with Crippen LogP contribution < -0.4 is 5.32 Å². The van der Waals surface area contributed by atoms with Crippen molar-refractivity contribution < 1.29 is 9.21 Å². The summed E-state index contributed by atoms with van der Waals surface area (Å²) in [5.41, 5.74) is 3.24. The van der Waals surface area contributed by atoms with Crippen molar-refractivity contribution in [2.45, 2.75) is 6.92 Å². The number of aryl methyl sites for hydroxylation is 1. The lowest BCUT2D eigenvalue weighted by atomic mass is 10.2. The molecule has 4 heterocycles. The van der Waals surface area contributed by atoms with E-state index in [1.807, 2.05) is 30.5 Å². The van der Waals surface area contributed by atoms with E-state index in [2.05, 4.69) is 25.3 Å². The minimum atomic E-state index is -0.411. The molecule has 0 radical (unpaired) electrons. The van der Waals surface area contributed by atoms with Gasteiger partial charge in [0, 0.05) is 24.0 Å². The molecule has 128 valence electrons. The Morgan fingerprint density at radius 2 is 2.04 bits per heavy atom. The number of nitrogens with zero attached hydrogens (tertiary/aromatic N) is 4. The van der Waals surface area contributed by atoms with Crippen molar-refractivity contribution in [3.63, 3.8) is 0 Å². The van der Waals surface area contributed by atoms with Crippen LogP contribution in [-0.4, -0.2) is 25.8 Å². The number of amides is 1. The number of nitrogens with one attached hydrogen (secondary N) is 1. The third-order valence-electron chi connectivity index (χ3n) is 3.61. The van der Waals surface area contributed by atoms with Gasteiger partial charge in [0.15, 0.2) is 5.13 Å². The van der Waals surface area contributed by atoms with Crippen LogP contribution in [0.3, 0.4) is 0 Å². The van der Waals surface area contributed by atoms with Gasteiger partial charge in [0.2, 0.25) is 11.7 Å². The second kappa shape index (κ2) is 6.85. The van der Waals surface area contributed by atoms with Gasteiger partial charge in [0.05, 0.1) is 17.5 Å². The van der Waals surface area contributed by atoms with Crippen LogP contribution >= 0.6 is 11.3 Å². The Labute approximate surface area is 152 Å². The van der Waals surface area contributed by atoms with E-state index in [-0.39, 0.29) is 5.76 Å². The predicted octanol–water partition coefficient (Wildman–Crippen LogP) is 3.82. The van der Waals surface area contributed by atoms with Crippen LogP contribution in [0.5, 0.6) is 0 Å². The van der Waals surface area contributed by atoms with Gasteiger partial charge in [0.25, 0.3) is 5.91 Å². The summed E-state index contributed by atoms with van der Waals surface area (Å²) in [6.07, 6.45) is 6.38. The largest absolute Gasteiger partial charge is 0.431 e. The predicted molar refractivity (Wildman–Crippen MR) is 97.8 cm³/mol. The molecular formula is C18H13N5O2S. The Morgan fingerprint density at radius 3 is 2.85 bits per heavy atom. The number of oxazole rings is 1. The van der Waals surface area contributed by atoms with E-state index in [1.54, 1.807) is 24.7 Å². The fraction of sp³-hybridized carbons (Fsp3) is 0.0556. The van der Waals surface area contributed by atoms with E-state index < -0.39 is 5.91 Å². The molecule has 0 atom stereocenters. The fourth-order valence-corrected chi connectivity index (χ4v) is 3.04. The third-order valence-corrected chi connectivity index (χ3v) is 4.37. The summed E-state index contributed by atoms with van der Waals surface area (Å²) in [5, 5.41) is 5.04. The van der Waals surface area contributed by atoms with Crippen molar-refractivity contribution in [2.24, 2.45) is 0 Å². The summed E-state index contributed by atoms with van der Waals surface area (Å²) in [4.78, 5) is 29.2. The highest BCUT2D eigenvalue weighted by Crippen LogP contribution is 2.26. The molecule has 7 nitrogen and oxygen atoms in total. The third kappa shape index (κ3) is 3.22. The van der Waals surface area contributed by atoms with Gasteiger partial charge in [-0.15, -0.1) is 11.3 Å². The molecule has 0 aromatic carbocycles. The van der Waals surface area contributed by atoms with Crippen LogP contribution in [0.15, 0.2) is 58.9 Å². The first-order chi connectivity index (χ1) is 12.7. The van der Waals surface area contributed by atoms with Gasteiger partial charge < -0.3 is 4.42 Å². The summed E-state index contributed by atoms with van der Waals surface area (Å²) < 4.78 is 5.52. The number of carbonyl (C=O) groups excluding carboxylic acids is 1. The number of anilines is 1. The number of hydrogen-bond donors (Lipinski definition) is 1. The Kier molecular flexibility index (Phi) is 4.24. The van der Waals surface area contributed by atoms with Gasteiger partial charge >= 0.3 is 0 Å². The lowest BCUT2D eigenvalue weighted by molar-refractivity contribution is 0.0997. The molecule has 0 saturated heterocycles. The molecule has 8 heteroatoms. The number of hydrogen-bond acceptors (Lipinski definition) is 7. The average Bonchev–Trinajstić information content (AvgIpc) is 3.33. The molecule has 4 aromatic heterocycles. The van der Waals surface area contributed by atoms with Gasteiger partial charge in [-0.25, -0.2) is 9.97 Å². The number of pyridine rings is 2. The molecule has 0 aliphatic rings. The molecule has 0 aliphatic heterocycles. The Balaban J connectivity index is 1.51. The molecule has 0 bridgehead atoms. The minimum Gasteiger partial charge on any atom is -0.431 e. The Hall–Kier alpha value is -3.39. The van der Waals surface area contributed by atoms with Crippen molar-refractivity contribution in [1.29, 1.82) is 0 Å². The molecule has 1 N–H and O–H groups in total. The Morgan fingerprint density at radius 1 is 1.15 bits per heavy atom. The van der Waals surface area contributed by atoms with Crippen LogP contribution in [0, 0.1) is 6.92 Å². The highest BCUT2D eigenvalue weighted by molar-refractivity contribution is 7.14. The van der Waals surface area contributed by atoms with Crippen molar-refractivity contribution in [3.05, 3.63) is 65.8 Å². The van der Waals surface area contributed by atoms with Crippen molar-refractivity contribution in [2.75, 3.05) is 5.32 Å². The first kappa shape index (κ1) is 16.1. The van der Waals surface area contributed by atoms with Crippen LogP contribution in [-0.2, 0) is 0 Å². The zero-order valence-electron chi connectivity index (χ0n) is 13.7. The van der Waals surface area contributed by atoms with E-state index >= 15 is 0 Å². The zero-order valence-corrected chi connectivity index (χ0v) is 14.5. The molecule has 0 aliphatic carbocycles. The number of carbonyl (C=O) groups is 1. The summed E-state index contributed by atoms with van der Waals surface area (Å²) in [6.45, 7) is 1.97. The van der Waals surface area contributed by atoms with E-state index in [1.165, 1.54) is 17.5 Å². The monoisotopic (exact) mass is 363 g/mol. The number of rotatable bonds is 4. The quantitative estimate of drug-likeness (QED) is 0.592. The van der Waals surface area contributed by atoms with Crippen molar-refractivity contribution >= 4 is 22.4 Å². The maximum Gasteiger partial charge on any atom is 0.294 e. The molecule has 26 heavy (non-hydrogen) atoms. The lowest BCUT2D eigenvalue weighted by Crippen LogP contribution is -2.10. The maximum atomic E-state index is 12.4. The maximum absolute atomic E-state index is 12.4. The van der Waals surface area contributed by atoms with Gasteiger partial charge in [-0.3, -0.25) is 20.1 Å². The summed E-state index contributed by atoms with van der Waals surface area (Å²) in [7, 11) is 0. The average molecular weight is 363 g/mol. The summed E-state index contributed by atoms with van der Waals surface area (Å²) >= 11 is 1.32. The van der Waals surface area contributed by atoms with Gasteiger partial charge in [-0.1, -0.05) is 6.07 Å². The van der Waals surface area contributed by atoms with Crippen LogP contribution in [0.2, 0.25) is 0 Å². The molecule has 4 aromatic rings. The van der Waals surface area contributed by atoms with Crippen LogP contribution in [0.1, 0.15) is 16.1 Å². The second-order valence-electron chi connectivity index (χ2n) is 5.43. The van der Waals surface area contributed by atoms with Gasteiger partial charge in [-0.2, -0.15) is 0 Å². The minimum absolute atomic E-state index is 0.106. The van der Waals surface area contributed by atoms with Gasteiger partial charge in [-0.05, 0) is 30.7 Å². The SMILES string of the molecule is Cc1cccnc1-c1csc(NC(=O)c2cnc(-c3cccnc3)o2)n1. The number of thiazole rings is 1. The molecule has 1 amide bonds. The van der Waals surface area contributed by atoms with Crippen LogP contribution in [0.4, 0.5) is 5.13 Å². The molecule has 4 rings (SSSR count). The number of aromatic nitrogens is 4. The van der Waals surface area contributed by atoms with Crippen molar-refractivity contribution in [1.82, 2.24) is 19.9 Å². The summed E-state index contributed by atoms with van der Waals surface area (Å²) in [6, 6.07) is 7.42. The molecule has 0 spiro atoms. The van der Waals surface area contributed by atoms with Crippen LogP contribution in [0.25, 0.3) is 22.8 Å². The smallest absolute Gasteiger partial charge is 0.294 e. The van der Waals surface area contributed by atoms with Gasteiger partial charge in [0.1, 0.15) is 5.69 Å². The van der Waals surface area contributed by atoms with E-state index in [0.717, 1.165) is 17.0 Å². The van der Waals surface area contributed by atoms with Crippen molar-refractivity contribution in [3.8, 4) is 22.8 Å². The highest BCUT2D eigenvalue weighted by atomic mass is 32.1. The zero-order chi connectivity index (χ0) is 17.9. The summed E-state index contributed by atoms with van der Waals surface area (Å²) in [5.74, 6) is 0.0353. The first-order valence-corrected chi connectivity index (χ1v) is 8.64. The Bertz CT molecular complexity index is 1060. The standard InChI is InChI=1S/C18H13N5O2S/c1-11-4-2-7-20-15(11)13-10-26-18(22-13)23-16(24)14-9-21-17(25-14)12-5-3-6-19-8-12/h2-10H,1H3,(H,22,23,24). The molecule has 0 fully saturated rings. The molecule has 0 unspecified atom stereocenters. The highest BCUT2D eigenvalue weighted by Gasteiger charge is 2.16. The molecular weight excluding hydrogens is 350 g/mol. The molecule has 0 saturated carbocycles. The van der Waals surface area contributed by atoms with E-state index in [4.69, 9.17) is 4.42 Å². The van der Waals surface area contributed by atoms with E-state index in [9.17, 15) is 4.79 Å². The second-order valence-corrected chi connectivity index (χ2v) is 6.29. The van der Waals surface area contributed by atoms with E-state index in [0.29, 0.717) is 16.6 Å². The lowest BCUT2D eigenvalue weighted by Gasteiger charge is -2.00. The topological polar surface area (TPSA) is 93.8 Å². The normalized spacial score (nSPS) is 10.7. The first-order valence-electron chi connectivity index (χ1n) is 7.76.